The Kier molecular flexibility index (Phi) is 3.78. The third-order valence-corrected chi connectivity index (χ3v) is 4.66. The van der Waals surface area contributed by atoms with Gasteiger partial charge in [-0.15, -0.1) is 0 Å². The van der Waals surface area contributed by atoms with Gasteiger partial charge in [0.2, 0.25) is 0 Å². The molecular formula is C12H15N3O4S. The van der Waals surface area contributed by atoms with Crippen LogP contribution >= 0.6 is 0 Å². The first kappa shape index (κ1) is 14.5. The van der Waals surface area contributed by atoms with Crippen LogP contribution in [-0.2, 0) is 14.7 Å². The summed E-state index contributed by atoms with van der Waals surface area (Å²) in [5.74, 6) is -0.727. The van der Waals surface area contributed by atoms with E-state index in [0.717, 1.165) is 5.06 Å². The van der Waals surface area contributed by atoms with Gasteiger partial charge in [0, 0.05) is 13.2 Å². The van der Waals surface area contributed by atoms with E-state index in [2.05, 4.69) is 4.98 Å². The van der Waals surface area contributed by atoms with Crippen LogP contribution in [0, 0.1) is 0 Å². The van der Waals surface area contributed by atoms with Crippen molar-refractivity contribution in [3.05, 3.63) is 30.1 Å². The number of carbonyl (C=O) groups is 1. The number of nitrogens with zero attached hydrogens (tertiary/aromatic N) is 3. The second kappa shape index (κ2) is 5.22. The average molecular weight is 297 g/mol. The highest BCUT2D eigenvalue weighted by atomic mass is 32.2. The first-order chi connectivity index (χ1) is 9.42. The van der Waals surface area contributed by atoms with Gasteiger partial charge in [-0.25, -0.2) is 18.5 Å². The van der Waals surface area contributed by atoms with E-state index >= 15 is 0 Å². The number of sulfone groups is 1. The fourth-order valence-electron chi connectivity index (χ4n) is 1.78. The number of pyridine rings is 1. The fourth-order valence-corrected chi connectivity index (χ4v) is 2.93. The van der Waals surface area contributed by atoms with Crippen molar-refractivity contribution in [3.63, 3.8) is 0 Å². The number of rotatable bonds is 4. The third kappa shape index (κ3) is 2.27. The van der Waals surface area contributed by atoms with Crippen molar-refractivity contribution in [2.45, 2.75) is 11.9 Å². The maximum Gasteiger partial charge on any atom is 0.298 e. The minimum Gasteiger partial charge on any atom is -0.290 e. The predicted molar refractivity (Wildman–Crippen MR) is 72.0 cm³/mol. The van der Waals surface area contributed by atoms with Crippen LogP contribution in [-0.4, -0.2) is 48.7 Å². The molecule has 0 radical (unpaired) electrons. The number of hydrogen-bond donors (Lipinski definition) is 0. The summed E-state index contributed by atoms with van der Waals surface area (Å²) in [6.45, 7) is 1.52. The Morgan fingerprint density at radius 1 is 1.45 bits per heavy atom. The number of carbonyl (C=O) groups excluding carboxylic acids is 1. The van der Waals surface area contributed by atoms with E-state index in [-0.39, 0.29) is 16.5 Å². The van der Waals surface area contributed by atoms with Gasteiger partial charge in [-0.05, 0) is 12.1 Å². The molecule has 0 saturated heterocycles. The van der Waals surface area contributed by atoms with Gasteiger partial charge in [0.15, 0.2) is 20.6 Å². The number of imidazole rings is 1. The Hall–Kier alpha value is -1.93. The quantitative estimate of drug-likeness (QED) is 0.778. The molecule has 0 N–H and O–H groups in total. The molecule has 8 heteroatoms. The molecule has 2 aromatic rings. The Bertz CT molecular complexity index is 751. The Balaban J connectivity index is 2.78. The van der Waals surface area contributed by atoms with Crippen LogP contribution in [0.25, 0.3) is 5.65 Å². The monoisotopic (exact) mass is 297 g/mol. The summed E-state index contributed by atoms with van der Waals surface area (Å²) < 4.78 is 25.9. The maximum atomic E-state index is 12.2. The van der Waals surface area contributed by atoms with Gasteiger partial charge in [-0.1, -0.05) is 13.0 Å². The highest BCUT2D eigenvalue weighted by Crippen LogP contribution is 2.20. The van der Waals surface area contributed by atoms with Crippen LogP contribution in [0.2, 0.25) is 0 Å². The Labute approximate surface area is 116 Å². The molecule has 108 valence electrons. The number of hydroxylamine groups is 2. The maximum absolute atomic E-state index is 12.2. The number of amides is 1. The van der Waals surface area contributed by atoms with Gasteiger partial charge >= 0.3 is 0 Å². The van der Waals surface area contributed by atoms with Crippen LogP contribution in [0.1, 0.15) is 17.4 Å². The molecule has 0 unspecified atom stereocenters. The number of hydrogen-bond acceptors (Lipinski definition) is 5. The molecule has 0 aliphatic rings. The third-order valence-electron chi connectivity index (χ3n) is 2.92. The van der Waals surface area contributed by atoms with Gasteiger partial charge in [-0.3, -0.25) is 14.0 Å². The minimum atomic E-state index is -3.60. The zero-order valence-corrected chi connectivity index (χ0v) is 12.2. The summed E-state index contributed by atoms with van der Waals surface area (Å²) in [6, 6.07) is 5.04. The van der Waals surface area contributed by atoms with Crippen molar-refractivity contribution < 1.29 is 18.0 Å². The predicted octanol–water partition coefficient (Wildman–Crippen LogP) is 0.761. The van der Waals surface area contributed by atoms with Gasteiger partial charge in [0.1, 0.15) is 5.65 Å². The second-order valence-electron chi connectivity index (χ2n) is 4.08. The van der Waals surface area contributed by atoms with Crippen molar-refractivity contribution in [1.82, 2.24) is 14.4 Å². The molecular weight excluding hydrogens is 282 g/mol. The summed E-state index contributed by atoms with van der Waals surface area (Å²) in [5, 5.41) is 0.834. The number of fused-ring (bicyclic) bond motifs is 1. The molecule has 0 atom stereocenters. The van der Waals surface area contributed by atoms with Crippen molar-refractivity contribution in [2.24, 2.45) is 0 Å². The SMILES string of the molecule is CCS(=O)(=O)c1c(C(=O)N(C)OC)nc2ccccn12. The van der Waals surface area contributed by atoms with Crippen LogP contribution in [0.5, 0.6) is 0 Å². The zero-order chi connectivity index (χ0) is 14.9. The van der Waals surface area contributed by atoms with Gasteiger partial charge in [0.25, 0.3) is 5.91 Å². The lowest BCUT2D eigenvalue weighted by Gasteiger charge is -2.12. The molecule has 7 nitrogen and oxygen atoms in total. The van der Waals surface area contributed by atoms with Crippen LogP contribution in [0.15, 0.2) is 29.4 Å². The molecule has 2 rings (SSSR count). The highest BCUT2D eigenvalue weighted by molar-refractivity contribution is 7.91. The summed E-state index contributed by atoms with van der Waals surface area (Å²) in [5.41, 5.74) is 0.259. The lowest BCUT2D eigenvalue weighted by Crippen LogP contribution is -2.27. The van der Waals surface area contributed by atoms with E-state index < -0.39 is 15.7 Å². The molecule has 0 spiro atoms. The smallest absolute Gasteiger partial charge is 0.290 e. The molecule has 0 aliphatic carbocycles. The van der Waals surface area contributed by atoms with Crippen molar-refractivity contribution in [1.29, 1.82) is 0 Å². The van der Waals surface area contributed by atoms with E-state index in [0.29, 0.717) is 5.65 Å². The summed E-state index contributed by atoms with van der Waals surface area (Å²) in [7, 11) is -0.883. The Morgan fingerprint density at radius 2 is 2.15 bits per heavy atom. The van der Waals surface area contributed by atoms with Crippen molar-refractivity contribution >= 4 is 21.4 Å². The molecule has 0 bridgehead atoms. The van der Waals surface area contributed by atoms with Crippen molar-refractivity contribution in [3.8, 4) is 0 Å². The van der Waals surface area contributed by atoms with Crippen LogP contribution in [0.4, 0.5) is 0 Å². The number of aromatic nitrogens is 2. The van der Waals surface area contributed by atoms with E-state index in [1.165, 1.54) is 25.5 Å². The van der Waals surface area contributed by atoms with E-state index in [4.69, 9.17) is 4.84 Å². The molecule has 0 aliphatic heterocycles. The van der Waals surface area contributed by atoms with E-state index in [1.807, 2.05) is 0 Å². The highest BCUT2D eigenvalue weighted by Gasteiger charge is 2.29. The molecule has 0 aromatic carbocycles. The average Bonchev–Trinajstić information content (AvgIpc) is 2.85. The van der Waals surface area contributed by atoms with Gasteiger partial charge < -0.3 is 0 Å². The minimum absolute atomic E-state index is 0.107. The first-order valence-corrected chi connectivity index (χ1v) is 7.59. The summed E-state index contributed by atoms with van der Waals surface area (Å²) >= 11 is 0. The largest absolute Gasteiger partial charge is 0.298 e. The molecule has 1 amide bonds. The van der Waals surface area contributed by atoms with Gasteiger partial charge in [-0.2, -0.15) is 0 Å². The van der Waals surface area contributed by atoms with Crippen LogP contribution in [0.3, 0.4) is 0 Å². The van der Waals surface area contributed by atoms with E-state index in [1.54, 1.807) is 24.4 Å². The normalized spacial score (nSPS) is 11.8. The van der Waals surface area contributed by atoms with Gasteiger partial charge in [0.05, 0.1) is 12.9 Å². The van der Waals surface area contributed by atoms with Crippen LogP contribution < -0.4 is 0 Å². The molecule has 2 heterocycles. The fraction of sp³-hybridized carbons (Fsp3) is 0.333. The summed E-state index contributed by atoms with van der Waals surface area (Å²) in [4.78, 5) is 21.1. The lowest BCUT2D eigenvalue weighted by atomic mass is 10.4. The first-order valence-electron chi connectivity index (χ1n) is 5.94. The molecule has 0 fully saturated rings. The lowest BCUT2D eigenvalue weighted by molar-refractivity contribution is -0.0762. The van der Waals surface area contributed by atoms with Crippen molar-refractivity contribution in [2.75, 3.05) is 19.9 Å². The topological polar surface area (TPSA) is 81.0 Å². The Morgan fingerprint density at radius 3 is 2.75 bits per heavy atom. The summed E-state index contributed by atoms with van der Waals surface area (Å²) in [6.07, 6.45) is 1.56. The van der Waals surface area contributed by atoms with E-state index in [9.17, 15) is 13.2 Å². The standard InChI is InChI=1S/C12H15N3O4S/c1-4-20(17,18)12-10(11(16)14(2)19-3)13-9-7-5-6-8-15(9)12/h5-8H,4H2,1-3H3. The molecule has 20 heavy (non-hydrogen) atoms. The molecule has 0 saturated carbocycles. The second-order valence-corrected chi connectivity index (χ2v) is 6.28. The zero-order valence-electron chi connectivity index (χ0n) is 11.4. The molecule has 2 aromatic heterocycles.